The minimum absolute atomic E-state index is 0.0308. The Kier molecular flexibility index (Phi) is 6.32. The molecule has 1 aromatic heterocycles. The highest BCUT2D eigenvalue weighted by atomic mass is 16.4. The zero-order valence-electron chi connectivity index (χ0n) is 14.2. The van der Waals surface area contributed by atoms with E-state index in [1.807, 2.05) is 38.5 Å². The predicted molar refractivity (Wildman–Crippen MR) is 94.7 cm³/mol. The van der Waals surface area contributed by atoms with Gasteiger partial charge in [-0.15, -0.1) is 0 Å². The second-order valence-electron chi connectivity index (χ2n) is 6.23. The first-order chi connectivity index (χ1) is 11.5. The topological polar surface area (TPSA) is 62.5 Å². The van der Waals surface area contributed by atoms with Gasteiger partial charge in [0.1, 0.15) is 0 Å². The Morgan fingerprint density at radius 3 is 2.29 bits per heavy atom. The summed E-state index contributed by atoms with van der Waals surface area (Å²) in [6.45, 7) is 1.67. The largest absolute Gasteiger partial charge is 0.478 e. The summed E-state index contributed by atoms with van der Waals surface area (Å²) in [4.78, 5) is 24.9. The van der Waals surface area contributed by atoms with Crippen molar-refractivity contribution in [2.75, 3.05) is 20.6 Å². The van der Waals surface area contributed by atoms with E-state index < -0.39 is 5.97 Å². The normalized spacial score (nSPS) is 11.0. The molecule has 0 aliphatic carbocycles. The maximum Gasteiger partial charge on any atom is 0.335 e. The van der Waals surface area contributed by atoms with E-state index in [9.17, 15) is 9.59 Å². The Hall–Kier alpha value is -2.40. The molecule has 0 bridgehead atoms. The van der Waals surface area contributed by atoms with E-state index >= 15 is 0 Å². The number of carboxylic acids is 1. The zero-order valence-corrected chi connectivity index (χ0v) is 14.2. The highest BCUT2D eigenvalue weighted by Gasteiger charge is 2.03. The Balaban J connectivity index is 1.97. The number of hydrogen-bond donors (Lipinski definition) is 1. The van der Waals surface area contributed by atoms with Gasteiger partial charge in [0.2, 0.25) is 0 Å². The van der Waals surface area contributed by atoms with Crippen LogP contribution in [0.25, 0.3) is 0 Å². The van der Waals surface area contributed by atoms with Gasteiger partial charge in [-0.05, 0) is 63.2 Å². The number of hydrogen-bond acceptors (Lipinski definition) is 3. The number of rotatable bonds is 8. The Morgan fingerprint density at radius 2 is 1.67 bits per heavy atom. The van der Waals surface area contributed by atoms with E-state index in [0.29, 0.717) is 5.56 Å². The Morgan fingerprint density at radius 1 is 1.04 bits per heavy atom. The molecule has 1 heterocycles. The molecule has 0 fully saturated rings. The number of carbonyl (C=O) groups is 1. The first-order valence-electron chi connectivity index (χ1n) is 8.12. The summed E-state index contributed by atoms with van der Waals surface area (Å²) >= 11 is 0. The summed E-state index contributed by atoms with van der Waals surface area (Å²) in [5.74, 6) is -0.911. The fourth-order valence-electron chi connectivity index (χ4n) is 2.56. The standard InChI is InChI=1S/C19H24N2O3/c1-20(2)12-3-13-21-14-16(8-11-18(21)22)5-4-15-6-9-17(10-7-15)19(23)24/h6-11,14H,3-5,12-13H2,1-2H3,(H,23,24). The second-order valence-corrected chi connectivity index (χ2v) is 6.23. The van der Waals surface area contributed by atoms with Crippen LogP contribution >= 0.6 is 0 Å². The number of benzene rings is 1. The predicted octanol–water partition coefficient (Wildman–Crippen LogP) is 2.28. The van der Waals surface area contributed by atoms with Crippen LogP contribution in [0.4, 0.5) is 0 Å². The summed E-state index contributed by atoms with van der Waals surface area (Å²) in [5.41, 5.74) is 2.53. The third-order valence-corrected chi connectivity index (χ3v) is 3.95. The Labute approximate surface area is 142 Å². The average Bonchev–Trinajstić information content (AvgIpc) is 2.55. The highest BCUT2D eigenvalue weighted by Crippen LogP contribution is 2.09. The maximum atomic E-state index is 11.9. The van der Waals surface area contributed by atoms with E-state index in [4.69, 9.17) is 5.11 Å². The summed E-state index contributed by atoms with van der Waals surface area (Å²) in [7, 11) is 4.05. The van der Waals surface area contributed by atoms with Crippen LogP contribution in [0.15, 0.2) is 47.4 Å². The Bertz CT molecular complexity index is 733. The fourth-order valence-corrected chi connectivity index (χ4v) is 2.56. The van der Waals surface area contributed by atoms with Crippen LogP contribution in [0.3, 0.4) is 0 Å². The van der Waals surface area contributed by atoms with Crippen molar-refractivity contribution in [3.05, 3.63) is 69.6 Å². The number of carboxylic acid groups (broad SMARTS) is 1. The van der Waals surface area contributed by atoms with Gasteiger partial charge in [0, 0.05) is 18.8 Å². The smallest absolute Gasteiger partial charge is 0.335 e. The first-order valence-corrected chi connectivity index (χ1v) is 8.12. The lowest BCUT2D eigenvalue weighted by Crippen LogP contribution is -2.22. The van der Waals surface area contributed by atoms with Gasteiger partial charge in [0.05, 0.1) is 5.56 Å². The minimum atomic E-state index is -0.911. The molecule has 24 heavy (non-hydrogen) atoms. The van der Waals surface area contributed by atoms with Gasteiger partial charge in [-0.3, -0.25) is 4.79 Å². The maximum absolute atomic E-state index is 11.9. The van der Waals surface area contributed by atoms with Crippen molar-refractivity contribution < 1.29 is 9.90 Å². The zero-order chi connectivity index (χ0) is 17.5. The number of nitrogens with zero attached hydrogens (tertiary/aromatic N) is 2. The van der Waals surface area contributed by atoms with E-state index in [0.717, 1.165) is 43.5 Å². The molecule has 0 spiro atoms. The average molecular weight is 328 g/mol. The molecule has 2 rings (SSSR count). The van der Waals surface area contributed by atoms with Crippen LogP contribution < -0.4 is 5.56 Å². The van der Waals surface area contributed by atoms with Crippen molar-refractivity contribution in [2.45, 2.75) is 25.8 Å². The molecule has 5 nitrogen and oxygen atoms in total. The molecule has 1 N–H and O–H groups in total. The molecule has 0 atom stereocenters. The SMILES string of the molecule is CN(C)CCCn1cc(CCc2ccc(C(=O)O)cc2)ccc1=O. The summed E-state index contributed by atoms with van der Waals surface area (Å²) < 4.78 is 1.77. The van der Waals surface area contributed by atoms with Gasteiger partial charge < -0.3 is 14.6 Å². The van der Waals surface area contributed by atoms with Crippen molar-refractivity contribution in [3.63, 3.8) is 0 Å². The minimum Gasteiger partial charge on any atom is -0.478 e. The van der Waals surface area contributed by atoms with Crippen LogP contribution in [0.2, 0.25) is 0 Å². The van der Waals surface area contributed by atoms with Crippen LogP contribution in [0.5, 0.6) is 0 Å². The van der Waals surface area contributed by atoms with Crippen molar-refractivity contribution in [2.24, 2.45) is 0 Å². The summed E-state index contributed by atoms with van der Waals surface area (Å²) in [6, 6.07) is 10.4. The van der Waals surface area contributed by atoms with Gasteiger partial charge in [0.15, 0.2) is 0 Å². The third kappa shape index (κ3) is 5.35. The fraction of sp³-hybridized carbons (Fsp3) is 0.368. The van der Waals surface area contributed by atoms with Crippen molar-refractivity contribution in [1.82, 2.24) is 9.47 Å². The van der Waals surface area contributed by atoms with Crippen LogP contribution in [0, 0.1) is 0 Å². The molecule has 1 aromatic carbocycles. The van der Waals surface area contributed by atoms with E-state index in [1.54, 1.807) is 22.8 Å². The molecule has 5 heteroatoms. The summed E-state index contributed by atoms with van der Waals surface area (Å²) in [5, 5.41) is 8.91. The third-order valence-electron chi connectivity index (χ3n) is 3.95. The van der Waals surface area contributed by atoms with E-state index in [-0.39, 0.29) is 5.56 Å². The molecule has 0 radical (unpaired) electrons. The second kappa shape index (κ2) is 8.45. The molecular weight excluding hydrogens is 304 g/mol. The van der Waals surface area contributed by atoms with Crippen molar-refractivity contribution in [1.29, 1.82) is 0 Å². The molecule has 2 aromatic rings. The molecule has 0 aliphatic heterocycles. The molecular formula is C19H24N2O3. The lowest BCUT2D eigenvalue weighted by molar-refractivity contribution is 0.0697. The van der Waals surface area contributed by atoms with Gasteiger partial charge >= 0.3 is 5.97 Å². The molecule has 128 valence electrons. The summed E-state index contributed by atoms with van der Waals surface area (Å²) in [6.07, 6.45) is 4.51. The lowest BCUT2D eigenvalue weighted by Gasteiger charge is -2.11. The van der Waals surface area contributed by atoms with Crippen LogP contribution in [0.1, 0.15) is 27.9 Å². The highest BCUT2D eigenvalue weighted by molar-refractivity contribution is 5.87. The molecule has 0 unspecified atom stereocenters. The number of aryl methyl sites for hydroxylation is 3. The van der Waals surface area contributed by atoms with Gasteiger partial charge in [0.25, 0.3) is 5.56 Å². The van der Waals surface area contributed by atoms with Crippen molar-refractivity contribution in [3.8, 4) is 0 Å². The quantitative estimate of drug-likeness (QED) is 0.807. The van der Waals surface area contributed by atoms with Gasteiger partial charge in [-0.1, -0.05) is 18.2 Å². The molecule has 0 saturated heterocycles. The number of aromatic carboxylic acids is 1. The van der Waals surface area contributed by atoms with Gasteiger partial charge in [-0.2, -0.15) is 0 Å². The number of pyridine rings is 1. The lowest BCUT2D eigenvalue weighted by atomic mass is 10.0. The van der Waals surface area contributed by atoms with Crippen molar-refractivity contribution >= 4 is 5.97 Å². The van der Waals surface area contributed by atoms with E-state index in [1.165, 1.54) is 0 Å². The van der Waals surface area contributed by atoms with Crippen LogP contribution in [-0.2, 0) is 19.4 Å². The number of aromatic nitrogens is 1. The van der Waals surface area contributed by atoms with Gasteiger partial charge in [-0.25, -0.2) is 4.79 Å². The van der Waals surface area contributed by atoms with E-state index in [2.05, 4.69) is 4.90 Å². The molecule has 0 saturated carbocycles. The molecule has 0 aliphatic rings. The first kappa shape index (κ1) is 17.9. The monoisotopic (exact) mass is 328 g/mol. The van der Waals surface area contributed by atoms with Crippen LogP contribution in [-0.4, -0.2) is 41.2 Å². The molecule has 0 amide bonds.